The Kier molecular flexibility index (Phi) is 10.3. The quantitative estimate of drug-likeness (QED) is 0.184. The molecule has 2 saturated carbocycles. The van der Waals surface area contributed by atoms with Gasteiger partial charge in [-0.25, -0.2) is 4.98 Å². The van der Waals surface area contributed by atoms with E-state index >= 15 is 0 Å². The average molecular weight is 729 g/mol. The third-order valence-electron chi connectivity index (χ3n) is 10.8. The van der Waals surface area contributed by atoms with Crippen LogP contribution in [-0.2, 0) is 18.9 Å². The number of aryl methyl sites for hydroxylation is 2. The highest BCUT2D eigenvalue weighted by Gasteiger charge is 2.26. The van der Waals surface area contributed by atoms with Gasteiger partial charge in [-0.3, -0.25) is 23.7 Å². The minimum atomic E-state index is -0.333. The molecular formula is C42H41ClN6O4. The van der Waals surface area contributed by atoms with Crippen molar-refractivity contribution in [1.29, 1.82) is 5.26 Å². The molecule has 2 aliphatic carbocycles. The molecule has 0 aliphatic heterocycles. The van der Waals surface area contributed by atoms with Crippen molar-refractivity contribution in [2.24, 2.45) is 20.0 Å². The standard InChI is InChI=1S/C24H22ClN3O2.C18H19N3O2/c1-27-19-10-6-5-9-18(19)21(29)20-23(27)26-22(15-7-3-2-4-8-15)28(24(20)30)17-13-11-16(25)12-14-17;1-21-15-10-6-5-9-13(15)16(22)14(11-19)17(21)20-18(23)12-7-3-2-4-8-12/h5-6,9-15H,2-4,7-8H2,1H3;5-6,9-10,12H,2-4,7-8H2,1H3,(H,20,23). The van der Waals surface area contributed by atoms with E-state index < -0.39 is 0 Å². The summed E-state index contributed by atoms with van der Waals surface area (Å²) in [4.78, 5) is 57.0. The highest BCUT2D eigenvalue weighted by atomic mass is 35.5. The van der Waals surface area contributed by atoms with Crippen LogP contribution >= 0.6 is 11.6 Å². The summed E-state index contributed by atoms with van der Waals surface area (Å²) in [6.07, 6.45) is 10.5. The first kappa shape index (κ1) is 35.9. The van der Waals surface area contributed by atoms with Gasteiger partial charge in [0.25, 0.3) is 5.56 Å². The largest absolute Gasteiger partial charge is 0.329 e. The van der Waals surface area contributed by atoms with Crippen molar-refractivity contribution in [3.63, 3.8) is 0 Å². The molecule has 0 unspecified atom stereocenters. The maximum Gasteiger partial charge on any atom is 0.271 e. The fourth-order valence-corrected chi connectivity index (χ4v) is 8.10. The molecule has 2 aliphatic rings. The summed E-state index contributed by atoms with van der Waals surface area (Å²) in [7, 11) is 3.63. The van der Waals surface area contributed by atoms with Crippen molar-refractivity contribution in [2.45, 2.75) is 70.1 Å². The first-order valence-corrected chi connectivity index (χ1v) is 18.7. The fraction of sp³-hybridized carbons (Fsp3) is 0.333. The number of aromatic nitrogens is 4. The lowest BCUT2D eigenvalue weighted by molar-refractivity contribution is -0.120. The van der Waals surface area contributed by atoms with Gasteiger partial charge in [-0.05, 0) is 74.2 Å². The van der Waals surface area contributed by atoms with Crippen molar-refractivity contribution in [2.75, 3.05) is 5.32 Å². The van der Waals surface area contributed by atoms with Crippen molar-refractivity contribution >= 4 is 56.2 Å². The Balaban J connectivity index is 0.000000170. The lowest BCUT2D eigenvalue weighted by Crippen LogP contribution is -2.31. The van der Waals surface area contributed by atoms with Gasteiger partial charge in [-0.2, -0.15) is 5.26 Å². The molecule has 1 amide bonds. The number of fused-ring (bicyclic) bond motifs is 3. The molecule has 8 rings (SSSR count). The Labute approximate surface area is 311 Å². The zero-order chi connectivity index (χ0) is 37.2. The Bertz CT molecular complexity index is 2590. The molecule has 10 nitrogen and oxygen atoms in total. The lowest BCUT2D eigenvalue weighted by Gasteiger charge is -2.25. The summed E-state index contributed by atoms with van der Waals surface area (Å²) in [6.45, 7) is 0. The van der Waals surface area contributed by atoms with Crippen LogP contribution < -0.4 is 21.7 Å². The van der Waals surface area contributed by atoms with Crippen LogP contribution in [0.25, 0.3) is 38.5 Å². The highest BCUT2D eigenvalue weighted by molar-refractivity contribution is 6.30. The van der Waals surface area contributed by atoms with Gasteiger partial charge in [0.1, 0.15) is 28.7 Å². The number of halogens is 1. The van der Waals surface area contributed by atoms with E-state index in [0.29, 0.717) is 38.5 Å². The number of hydrogen-bond acceptors (Lipinski definition) is 6. The summed E-state index contributed by atoms with van der Waals surface area (Å²) in [5.74, 6) is 1.10. The van der Waals surface area contributed by atoms with Gasteiger partial charge in [0.05, 0.1) is 16.7 Å². The van der Waals surface area contributed by atoms with E-state index in [1.165, 1.54) is 12.8 Å². The van der Waals surface area contributed by atoms with E-state index in [4.69, 9.17) is 16.6 Å². The van der Waals surface area contributed by atoms with E-state index in [1.54, 1.807) is 46.5 Å². The van der Waals surface area contributed by atoms with E-state index in [-0.39, 0.29) is 45.1 Å². The number of nitrogens with zero attached hydrogens (tertiary/aromatic N) is 5. The third-order valence-corrected chi connectivity index (χ3v) is 11.1. The Morgan fingerprint density at radius 2 is 1.34 bits per heavy atom. The van der Waals surface area contributed by atoms with Gasteiger partial charge in [-0.15, -0.1) is 0 Å². The average Bonchev–Trinajstić information content (AvgIpc) is 3.20. The van der Waals surface area contributed by atoms with Crippen molar-refractivity contribution in [1.82, 2.24) is 18.7 Å². The molecule has 0 bridgehead atoms. The zero-order valence-electron chi connectivity index (χ0n) is 29.9. The predicted molar refractivity (Wildman–Crippen MR) is 210 cm³/mol. The van der Waals surface area contributed by atoms with E-state index in [0.717, 1.165) is 62.7 Å². The molecule has 2 fully saturated rings. The molecule has 0 spiro atoms. The molecule has 3 aromatic carbocycles. The highest BCUT2D eigenvalue weighted by Crippen LogP contribution is 2.33. The number of rotatable bonds is 4. The van der Waals surface area contributed by atoms with Crippen LogP contribution in [0, 0.1) is 17.2 Å². The van der Waals surface area contributed by atoms with Crippen LogP contribution in [0.15, 0.2) is 87.2 Å². The summed E-state index contributed by atoms with van der Waals surface area (Å²) in [5.41, 5.74) is 1.71. The Morgan fingerprint density at radius 1 is 0.774 bits per heavy atom. The monoisotopic (exact) mass is 728 g/mol. The SMILES string of the molecule is Cn1c(NC(=O)C2CCCCC2)c(C#N)c(=O)c2ccccc21.Cn1c2ccccc2c(=O)c2c(=O)n(-c3ccc(Cl)cc3)c(C3CCCCC3)nc21. The maximum atomic E-state index is 13.8. The van der Waals surface area contributed by atoms with Crippen LogP contribution in [-0.4, -0.2) is 24.6 Å². The number of carbonyl (C=O) groups excluding carboxylic acids is 1. The van der Waals surface area contributed by atoms with E-state index in [9.17, 15) is 24.4 Å². The second-order valence-corrected chi connectivity index (χ2v) is 14.5. The molecule has 11 heteroatoms. The number of hydrogen-bond donors (Lipinski definition) is 1. The summed E-state index contributed by atoms with van der Waals surface area (Å²) < 4.78 is 5.22. The zero-order valence-corrected chi connectivity index (χ0v) is 30.7. The molecule has 0 saturated heterocycles. The minimum Gasteiger partial charge on any atom is -0.329 e. The minimum absolute atomic E-state index is 0.00430. The first-order valence-electron chi connectivity index (χ1n) is 18.3. The fourth-order valence-electron chi connectivity index (χ4n) is 7.97. The number of benzene rings is 3. The molecule has 3 heterocycles. The Morgan fingerprint density at radius 3 is 1.96 bits per heavy atom. The smallest absolute Gasteiger partial charge is 0.271 e. The molecule has 53 heavy (non-hydrogen) atoms. The number of para-hydroxylation sites is 2. The number of pyridine rings is 2. The van der Waals surface area contributed by atoms with Crippen LogP contribution in [0.1, 0.15) is 81.5 Å². The van der Waals surface area contributed by atoms with Gasteiger partial charge in [0.15, 0.2) is 5.65 Å². The second-order valence-electron chi connectivity index (χ2n) is 14.1. The van der Waals surface area contributed by atoms with Gasteiger partial charge < -0.3 is 14.5 Å². The number of anilines is 1. The second kappa shape index (κ2) is 15.2. The van der Waals surface area contributed by atoms with Gasteiger partial charge in [0.2, 0.25) is 16.8 Å². The number of carbonyl (C=O) groups is 1. The summed E-state index contributed by atoms with van der Waals surface area (Å²) in [6, 6.07) is 23.6. The number of amides is 1. The van der Waals surface area contributed by atoms with Gasteiger partial charge >= 0.3 is 0 Å². The van der Waals surface area contributed by atoms with Crippen molar-refractivity contribution < 1.29 is 4.79 Å². The van der Waals surface area contributed by atoms with Gasteiger partial charge in [0, 0.05) is 41.7 Å². The van der Waals surface area contributed by atoms with Crippen LogP contribution in [0.5, 0.6) is 0 Å². The summed E-state index contributed by atoms with van der Waals surface area (Å²) >= 11 is 6.08. The van der Waals surface area contributed by atoms with Crippen LogP contribution in [0.2, 0.25) is 5.02 Å². The third kappa shape index (κ3) is 6.77. The molecular weight excluding hydrogens is 688 g/mol. The molecule has 3 aromatic heterocycles. The van der Waals surface area contributed by atoms with Crippen molar-refractivity contribution in [3.05, 3.63) is 120 Å². The van der Waals surface area contributed by atoms with Crippen LogP contribution in [0.3, 0.4) is 0 Å². The number of nitrogens with one attached hydrogen (secondary N) is 1. The Hall–Kier alpha value is -5.53. The number of nitriles is 1. The van der Waals surface area contributed by atoms with E-state index in [1.807, 2.05) is 60.1 Å². The normalized spacial score (nSPS) is 15.2. The molecule has 0 atom stereocenters. The molecule has 270 valence electrons. The van der Waals surface area contributed by atoms with Crippen molar-refractivity contribution in [3.8, 4) is 11.8 Å². The maximum absolute atomic E-state index is 13.8. The first-order chi connectivity index (χ1) is 25.7. The van der Waals surface area contributed by atoms with Gasteiger partial charge in [-0.1, -0.05) is 74.4 Å². The lowest BCUT2D eigenvalue weighted by atomic mass is 9.88. The predicted octanol–water partition coefficient (Wildman–Crippen LogP) is 7.87. The molecule has 6 aromatic rings. The molecule has 0 radical (unpaired) electrons. The van der Waals surface area contributed by atoms with Crippen LogP contribution in [0.4, 0.5) is 5.82 Å². The molecule has 1 N–H and O–H groups in total. The topological polar surface area (TPSA) is 132 Å². The van der Waals surface area contributed by atoms with E-state index in [2.05, 4.69) is 5.32 Å². The summed E-state index contributed by atoms with van der Waals surface area (Å²) in [5, 5.41) is 14.0.